The van der Waals surface area contributed by atoms with E-state index in [-0.39, 0.29) is 5.91 Å². The van der Waals surface area contributed by atoms with Gasteiger partial charge in [-0.1, -0.05) is 0 Å². The molecule has 0 bridgehead atoms. The third-order valence-electron chi connectivity index (χ3n) is 1.44. The van der Waals surface area contributed by atoms with Gasteiger partial charge in [0.2, 0.25) is 5.91 Å². The van der Waals surface area contributed by atoms with Crippen molar-refractivity contribution in [2.24, 2.45) is 5.73 Å². The Kier molecular flexibility index (Phi) is 3.61. The summed E-state index contributed by atoms with van der Waals surface area (Å²) < 4.78 is 0.897. The second-order valence-corrected chi connectivity index (χ2v) is 3.80. The van der Waals surface area contributed by atoms with Crippen LogP contribution in [0, 0.1) is 3.57 Å². The first-order valence-corrected chi connectivity index (χ1v) is 4.85. The lowest BCUT2D eigenvalue weighted by Gasteiger charge is -2.08. The second-order valence-electron chi connectivity index (χ2n) is 2.63. The van der Waals surface area contributed by atoms with Crippen molar-refractivity contribution in [1.82, 2.24) is 4.98 Å². The predicted octanol–water partition coefficient (Wildman–Crippen LogP) is 0.972. The average molecular weight is 291 g/mol. The maximum Gasteiger partial charge on any atom is 0.241 e. The summed E-state index contributed by atoms with van der Waals surface area (Å²) in [5.41, 5.74) is 6.15. The van der Waals surface area contributed by atoms with Crippen molar-refractivity contribution in [3.8, 4) is 0 Å². The van der Waals surface area contributed by atoms with Crippen molar-refractivity contribution in [2.45, 2.75) is 13.0 Å². The van der Waals surface area contributed by atoms with Gasteiger partial charge in [-0.15, -0.1) is 0 Å². The molecular formula is C8H10IN3O. The van der Waals surface area contributed by atoms with Gasteiger partial charge in [-0.25, -0.2) is 0 Å². The minimum Gasteiger partial charge on any atom is -0.324 e. The smallest absolute Gasteiger partial charge is 0.241 e. The standard InChI is InChI=1S/C8H10IN3O/c1-5(10)8(13)12-7-2-3-11-4-6(7)9/h2-5H,10H2,1H3,(H,11,12,13). The molecule has 1 aromatic rings. The van der Waals surface area contributed by atoms with E-state index in [9.17, 15) is 4.79 Å². The van der Waals surface area contributed by atoms with Crippen LogP contribution in [0.15, 0.2) is 18.5 Å². The highest BCUT2D eigenvalue weighted by Crippen LogP contribution is 2.15. The Hall–Kier alpha value is -0.690. The second kappa shape index (κ2) is 4.52. The van der Waals surface area contributed by atoms with Crippen LogP contribution >= 0.6 is 22.6 Å². The molecule has 0 aliphatic rings. The summed E-state index contributed by atoms with van der Waals surface area (Å²) in [5, 5.41) is 2.70. The van der Waals surface area contributed by atoms with E-state index in [4.69, 9.17) is 5.73 Å². The molecule has 4 nitrogen and oxygen atoms in total. The summed E-state index contributed by atoms with van der Waals surface area (Å²) in [7, 11) is 0. The number of carbonyl (C=O) groups excluding carboxylic acids is 1. The van der Waals surface area contributed by atoms with E-state index in [1.165, 1.54) is 0 Å². The van der Waals surface area contributed by atoms with Crippen LogP contribution in [0.2, 0.25) is 0 Å². The summed E-state index contributed by atoms with van der Waals surface area (Å²) in [4.78, 5) is 15.1. The van der Waals surface area contributed by atoms with Crippen molar-refractivity contribution in [3.05, 3.63) is 22.0 Å². The number of pyridine rings is 1. The van der Waals surface area contributed by atoms with E-state index in [1.54, 1.807) is 25.4 Å². The summed E-state index contributed by atoms with van der Waals surface area (Å²) in [5.74, 6) is -0.191. The van der Waals surface area contributed by atoms with Crippen LogP contribution in [0.25, 0.3) is 0 Å². The molecule has 3 N–H and O–H groups in total. The SMILES string of the molecule is CC(N)C(=O)Nc1ccncc1I. The number of hydrogen-bond donors (Lipinski definition) is 2. The maximum atomic E-state index is 11.2. The first-order valence-electron chi connectivity index (χ1n) is 3.77. The number of rotatable bonds is 2. The maximum absolute atomic E-state index is 11.2. The Morgan fingerprint density at radius 2 is 2.46 bits per heavy atom. The normalized spacial score (nSPS) is 12.2. The molecule has 0 saturated carbocycles. The third kappa shape index (κ3) is 2.92. The van der Waals surface area contributed by atoms with Crippen LogP contribution in [0.5, 0.6) is 0 Å². The first-order chi connectivity index (χ1) is 6.11. The third-order valence-corrected chi connectivity index (χ3v) is 2.30. The molecule has 70 valence electrons. The fraction of sp³-hybridized carbons (Fsp3) is 0.250. The van der Waals surface area contributed by atoms with Crippen LogP contribution in [0.1, 0.15) is 6.92 Å². The molecule has 1 unspecified atom stereocenters. The molecule has 5 heteroatoms. The lowest BCUT2D eigenvalue weighted by Crippen LogP contribution is -2.32. The molecule has 1 atom stereocenters. The van der Waals surface area contributed by atoms with Gasteiger partial charge in [0, 0.05) is 12.4 Å². The zero-order valence-corrected chi connectivity index (χ0v) is 9.28. The van der Waals surface area contributed by atoms with Gasteiger partial charge in [0.05, 0.1) is 15.3 Å². The number of aromatic nitrogens is 1. The Bertz CT molecular complexity index is 314. The number of nitrogens with one attached hydrogen (secondary N) is 1. The monoisotopic (exact) mass is 291 g/mol. The number of halogens is 1. The van der Waals surface area contributed by atoms with E-state index >= 15 is 0 Å². The first kappa shape index (κ1) is 10.4. The largest absolute Gasteiger partial charge is 0.324 e. The van der Waals surface area contributed by atoms with E-state index in [0.717, 1.165) is 9.26 Å². The predicted molar refractivity (Wildman–Crippen MR) is 59.2 cm³/mol. The lowest BCUT2D eigenvalue weighted by molar-refractivity contribution is -0.117. The van der Waals surface area contributed by atoms with Gasteiger partial charge in [0.25, 0.3) is 0 Å². The molecule has 1 rings (SSSR count). The summed E-state index contributed by atoms with van der Waals surface area (Å²) in [6.45, 7) is 1.64. The van der Waals surface area contributed by atoms with Gasteiger partial charge in [-0.2, -0.15) is 0 Å². The molecule has 0 aliphatic heterocycles. The Labute approximate surface area is 90.1 Å². The molecule has 0 radical (unpaired) electrons. The van der Waals surface area contributed by atoms with Crippen LogP contribution in [0.3, 0.4) is 0 Å². The van der Waals surface area contributed by atoms with Crippen LogP contribution in [0.4, 0.5) is 5.69 Å². The zero-order chi connectivity index (χ0) is 9.84. The van der Waals surface area contributed by atoms with Crippen molar-refractivity contribution < 1.29 is 4.79 Å². The molecule has 1 aromatic heterocycles. The summed E-state index contributed by atoms with van der Waals surface area (Å²) in [6, 6.07) is 1.24. The van der Waals surface area contributed by atoms with Crippen molar-refractivity contribution in [3.63, 3.8) is 0 Å². The molecule has 0 aliphatic carbocycles. The minimum absolute atomic E-state index is 0.191. The fourth-order valence-corrected chi connectivity index (χ4v) is 1.20. The highest BCUT2D eigenvalue weighted by Gasteiger charge is 2.08. The van der Waals surface area contributed by atoms with Gasteiger partial charge in [0.15, 0.2) is 0 Å². The lowest BCUT2D eigenvalue weighted by atomic mass is 10.3. The van der Waals surface area contributed by atoms with Gasteiger partial charge in [-0.3, -0.25) is 9.78 Å². The van der Waals surface area contributed by atoms with Crippen LogP contribution < -0.4 is 11.1 Å². The van der Waals surface area contributed by atoms with Gasteiger partial charge < -0.3 is 11.1 Å². The van der Waals surface area contributed by atoms with Gasteiger partial charge in [-0.05, 0) is 35.6 Å². The Morgan fingerprint density at radius 3 is 3.00 bits per heavy atom. The van der Waals surface area contributed by atoms with Crippen molar-refractivity contribution in [2.75, 3.05) is 5.32 Å². The molecular weight excluding hydrogens is 281 g/mol. The number of anilines is 1. The topological polar surface area (TPSA) is 68.0 Å². The molecule has 0 spiro atoms. The number of nitrogens with zero attached hydrogens (tertiary/aromatic N) is 1. The van der Waals surface area contributed by atoms with Gasteiger partial charge in [0.1, 0.15) is 0 Å². The summed E-state index contributed by atoms with van der Waals surface area (Å²) >= 11 is 2.10. The van der Waals surface area contributed by atoms with Crippen LogP contribution in [-0.4, -0.2) is 16.9 Å². The Morgan fingerprint density at radius 1 is 1.77 bits per heavy atom. The highest BCUT2D eigenvalue weighted by atomic mass is 127. The quantitative estimate of drug-likeness (QED) is 0.798. The molecule has 0 saturated heterocycles. The molecule has 0 aromatic carbocycles. The minimum atomic E-state index is -0.496. The van der Waals surface area contributed by atoms with Gasteiger partial charge >= 0.3 is 0 Å². The summed E-state index contributed by atoms with van der Waals surface area (Å²) in [6.07, 6.45) is 3.30. The number of nitrogens with two attached hydrogens (primary N) is 1. The molecule has 1 amide bonds. The van der Waals surface area contributed by atoms with E-state index < -0.39 is 6.04 Å². The number of amides is 1. The fourth-order valence-electron chi connectivity index (χ4n) is 0.723. The molecule has 13 heavy (non-hydrogen) atoms. The zero-order valence-electron chi connectivity index (χ0n) is 7.12. The van der Waals surface area contributed by atoms with Crippen LogP contribution in [-0.2, 0) is 4.79 Å². The average Bonchev–Trinajstić information content (AvgIpc) is 2.08. The highest BCUT2D eigenvalue weighted by molar-refractivity contribution is 14.1. The van der Waals surface area contributed by atoms with Crippen molar-refractivity contribution in [1.29, 1.82) is 0 Å². The molecule has 1 heterocycles. The Balaban J connectivity index is 2.75. The van der Waals surface area contributed by atoms with E-state index in [1.807, 2.05) is 0 Å². The van der Waals surface area contributed by atoms with Crippen molar-refractivity contribution >= 4 is 34.2 Å². The van der Waals surface area contributed by atoms with E-state index in [2.05, 4.69) is 32.9 Å². The molecule has 0 fully saturated rings. The number of carbonyl (C=O) groups is 1. The number of hydrogen-bond acceptors (Lipinski definition) is 3. The van der Waals surface area contributed by atoms with E-state index in [0.29, 0.717) is 0 Å².